The first-order valence-electron chi connectivity index (χ1n) is 7.77. The van der Waals surface area contributed by atoms with Gasteiger partial charge in [0.2, 0.25) is 0 Å². The third kappa shape index (κ3) is 3.88. The van der Waals surface area contributed by atoms with Gasteiger partial charge in [-0.1, -0.05) is 12.1 Å². The molecule has 2 aromatic rings. The van der Waals surface area contributed by atoms with Crippen LogP contribution < -0.4 is 15.4 Å². The standard InChI is InChI=1S/C18H17FN2O4/c1-24-17(22)15-10-5-11-3-2-4-14(16(11)25-15)21-18(23)20-13-8-6-12(19)7-9-13/h2-4,6-9,15H,5,10H2,1H3,(H2,20,21,23). The van der Waals surface area contributed by atoms with E-state index in [-0.39, 0.29) is 5.82 Å². The number of methoxy groups -OCH3 is 1. The lowest BCUT2D eigenvalue weighted by Gasteiger charge is -2.26. The average Bonchev–Trinajstić information content (AvgIpc) is 2.63. The van der Waals surface area contributed by atoms with Gasteiger partial charge in [0.15, 0.2) is 6.10 Å². The predicted octanol–water partition coefficient (Wildman–Crippen LogP) is 3.34. The topological polar surface area (TPSA) is 76.7 Å². The molecule has 0 bridgehead atoms. The molecule has 1 atom stereocenters. The van der Waals surface area contributed by atoms with Crippen molar-refractivity contribution in [2.24, 2.45) is 0 Å². The highest BCUT2D eigenvalue weighted by Crippen LogP contribution is 2.35. The monoisotopic (exact) mass is 344 g/mol. The molecule has 1 heterocycles. The number of nitrogens with one attached hydrogen (secondary N) is 2. The zero-order valence-electron chi connectivity index (χ0n) is 13.5. The molecule has 0 saturated carbocycles. The molecule has 1 unspecified atom stereocenters. The first-order valence-corrected chi connectivity index (χ1v) is 7.77. The zero-order chi connectivity index (χ0) is 17.8. The van der Waals surface area contributed by atoms with Crippen LogP contribution in [0.4, 0.5) is 20.6 Å². The van der Waals surface area contributed by atoms with E-state index in [4.69, 9.17) is 9.47 Å². The van der Waals surface area contributed by atoms with Crippen LogP contribution in [0.2, 0.25) is 0 Å². The summed E-state index contributed by atoms with van der Waals surface area (Å²) in [7, 11) is 1.31. The number of rotatable bonds is 3. The van der Waals surface area contributed by atoms with Crippen molar-refractivity contribution in [3.05, 3.63) is 53.8 Å². The number of amides is 2. The fourth-order valence-corrected chi connectivity index (χ4v) is 2.62. The number of para-hydroxylation sites is 1. The van der Waals surface area contributed by atoms with Crippen LogP contribution >= 0.6 is 0 Å². The lowest BCUT2D eigenvalue weighted by Crippen LogP contribution is -2.33. The molecule has 2 N–H and O–H groups in total. The zero-order valence-corrected chi connectivity index (χ0v) is 13.5. The minimum absolute atomic E-state index is 0.384. The first-order chi connectivity index (χ1) is 12.1. The number of hydrogen-bond donors (Lipinski definition) is 2. The molecular weight excluding hydrogens is 327 g/mol. The van der Waals surface area contributed by atoms with E-state index in [1.54, 1.807) is 12.1 Å². The predicted molar refractivity (Wildman–Crippen MR) is 90.2 cm³/mol. The number of esters is 1. The van der Waals surface area contributed by atoms with Gasteiger partial charge < -0.3 is 20.1 Å². The summed E-state index contributed by atoms with van der Waals surface area (Å²) in [5.74, 6) is -0.375. The number of benzene rings is 2. The summed E-state index contributed by atoms with van der Waals surface area (Å²) < 4.78 is 23.3. The van der Waals surface area contributed by atoms with E-state index in [1.807, 2.05) is 6.07 Å². The number of carbonyl (C=O) groups excluding carboxylic acids is 2. The van der Waals surface area contributed by atoms with E-state index < -0.39 is 18.1 Å². The number of ether oxygens (including phenoxy) is 2. The number of halogens is 1. The molecule has 0 spiro atoms. The van der Waals surface area contributed by atoms with Gasteiger partial charge in [0.05, 0.1) is 12.8 Å². The molecule has 0 saturated heterocycles. The lowest BCUT2D eigenvalue weighted by atomic mass is 10.0. The molecule has 2 amide bonds. The van der Waals surface area contributed by atoms with Crippen LogP contribution in [0.3, 0.4) is 0 Å². The number of hydrogen-bond acceptors (Lipinski definition) is 4. The molecule has 6 nitrogen and oxygen atoms in total. The van der Waals surface area contributed by atoms with Gasteiger partial charge in [0, 0.05) is 5.69 Å². The lowest BCUT2D eigenvalue weighted by molar-refractivity contribution is -0.149. The number of urea groups is 1. The second-order valence-corrected chi connectivity index (χ2v) is 5.55. The summed E-state index contributed by atoms with van der Waals surface area (Å²) in [6, 6.07) is 10.3. The highest BCUT2D eigenvalue weighted by Gasteiger charge is 2.28. The van der Waals surface area contributed by atoms with Gasteiger partial charge in [-0.3, -0.25) is 0 Å². The van der Waals surface area contributed by atoms with Crippen molar-refractivity contribution >= 4 is 23.4 Å². The largest absolute Gasteiger partial charge is 0.476 e. The van der Waals surface area contributed by atoms with Gasteiger partial charge in [0.1, 0.15) is 11.6 Å². The third-order valence-electron chi connectivity index (χ3n) is 3.85. The molecule has 1 aliphatic heterocycles. The summed E-state index contributed by atoms with van der Waals surface area (Å²) in [4.78, 5) is 23.9. The Hall–Kier alpha value is -3.09. The van der Waals surface area contributed by atoms with Crippen molar-refractivity contribution in [1.29, 1.82) is 0 Å². The van der Waals surface area contributed by atoms with Gasteiger partial charge >= 0.3 is 12.0 Å². The van der Waals surface area contributed by atoms with Crippen LogP contribution in [0.1, 0.15) is 12.0 Å². The minimum atomic E-state index is -0.694. The molecule has 0 aliphatic carbocycles. The van der Waals surface area contributed by atoms with E-state index >= 15 is 0 Å². The van der Waals surface area contributed by atoms with E-state index in [2.05, 4.69) is 10.6 Å². The van der Waals surface area contributed by atoms with Gasteiger partial charge in [0.25, 0.3) is 0 Å². The molecule has 1 aliphatic rings. The maximum Gasteiger partial charge on any atom is 0.347 e. The van der Waals surface area contributed by atoms with Gasteiger partial charge in [-0.15, -0.1) is 0 Å². The molecule has 2 aromatic carbocycles. The number of carbonyl (C=O) groups is 2. The maximum atomic E-state index is 12.9. The minimum Gasteiger partial charge on any atom is -0.476 e. The van der Waals surface area contributed by atoms with Crippen LogP contribution in [-0.4, -0.2) is 25.2 Å². The average molecular weight is 344 g/mol. The Bertz CT molecular complexity index is 792. The molecular formula is C18H17FN2O4. The summed E-state index contributed by atoms with van der Waals surface area (Å²) in [5.41, 5.74) is 1.81. The highest BCUT2D eigenvalue weighted by molar-refractivity contribution is 6.00. The molecule has 3 rings (SSSR count). The van der Waals surface area contributed by atoms with Crippen molar-refractivity contribution in [2.45, 2.75) is 18.9 Å². The molecule has 0 radical (unpaired) electrons. The second-order valence-electron chi connectivity index (χ2n) is 5.55. The fourth-order valence-electron chi connectivity index (χ4n) is 2.62. The summed E-state index contributed by atoms with van der Waals surface area (Å²) in [6.07, 6.45) is 0.468. The fraction of sp³-hybridized carbons (Fsp3) is 0.222. The van der Waals surface area contributed by atoms with Crippen molar-refractivity contribution in [3.8, 4) is 5.75 Å². The van der Waals surface area contributed by atoms with E-state index in [1.165, 1.54) is 31.4 Å². The summed E-state index contributed by atoms with van der Waals surface area (Å²) >= 11 is 0. The Labute approximate surface area is 143 Å². The van der Waals surface area contributed by atoms with Crippen molar-refractivity contribution < 1.29 is 23.5 Å². The quantitative estimate of drug-likeness (QED) is 0.838. The molecule has 0 fully saturated rings. The normalized spacial score (nSPS) is 15.5. The Morgan fingerprint density at radius 2 is 1.92 bits per heavy atom. The Kier molecular flexibility index (Phi) is 4.83. The SMILES string of the molecule is COC(=O)C1CCc2cccc(NC(=O)Nc3ccc(F)cc3)c2O1. The van der Waals surface area contributed by atoms with Crippen LogP contribution in [0.15, 0.2) is 42.5 Å². The Balaban J connectivity index is 1.74. The molecule has 25 heavy (non-hydrogen) atoms. The molecule has 130 valence electrons. The van der Waals surface area contributed by atoms with Gasteiger partial charge in [-0.25, -0.2) is 14.0 Å². The van der Waals surface area contributed by atoms with E-state index in [0.717, 1.165) is 5.56 Å². The van der Waals surface area contributed by atoms with Crippen molar-refractivity contribution in [3.63, 3.8) is 0 Å². The smallest absolute Gasteiger partial charge is 0.347 e. The summed E-state index contributed by atoms with van der Waals surface area (Å²) in [5, 5.41) is 5.30. The molecule has 0 aromatic heterocycles. The van der Waals surface area contributed by atoms with Crippen molar-refractivity contribution in [1.82, 2.24) is 0 Å². The van der Waals surface area contributed by atoms with Crippen LogP contribution in [-0.2, 0) is 16.0 Å². The molecule has 7 heteroatoms. The Morgan fingerprint density at radius 3 is 2.64 bits per heavy atom. The maximum absolute atomic E-state index is 12.9. The number of aryl methyl sites for hydroxylation is 1. The third-order valence-corrected chi connectivity index (χ3v) is 3.85. The summed E-state index contributed by atoms with van der Waals surface area (Å²) in [6.45, 7) is 0. The highest BCUT2D eigenvalue weighted by atomic mass is 19.1. The van der Waals surface area contributed by atoms with Crippen LogP contribution in [0, 0.1) is 5.82 Å². The van der Waals surface area contributed by atoms with Crippen molar-refractivity contribution in [2.75, 3.05) is 17.7 Å². The van der Waals surface area contributed by atoms with Gasteiger partial charge in [-0.05, 0) is 48.7 Å². The van der Waals surface area contributed by atoms with Crippen LogP contribution in [0.25, 0.3) is 0 Å². The number of fused-ring (bicyclic) bond motifs is 1. The van der Waals surface area contributed by atoms with E-state index in [9.17, 15) is 14.0 Å². The van der Waals surface area contributed by atoms with Gasteiger partial charge in [-0.2, -0.15) is 0 Å². The van der Waals surface area contributed by atoms with Crippen LogP contribution in [0.5, 0.6) is 5.75 Å². The first kappa shape index (κ1) is 16.8. The second kappa shape index (κ2) is 7.21. The van der Waals surface area contributed by atoms with E-state index in [0.29, 0.717) is 30.0 Å². The Morgan fingerprint density at radius 1 is 1.16 bits per heavy atom. The number of anilines is 2.